The van der Waals surface area contributed by atoms with Gasteiger partial charge in [-0.1, -0.05) is 0 Å². The Labute approximate surface area is 121 Å². The van der Waals surface area contributed by atoms with Crippen molar-refractivity contribution in [3.8, 4) is 0 Å². The fraction of sp³-hybridized carbons (Fsp3) is 0.733. The van der Waals surface area contributed by atoms with E-state index in [0.717, 1.165) is 38.8 Å². The van der Waals surface area contributed by atoms with Gasteiger partial charge in [0.25, 0.3) is 5.56 Å². The quantitative estimate of drug-likeness (QED) is 0.740. The Morgan fingerprint density at radius 1 is 1.45 bits per heavy atom. The van der Waals surface area contributed by atoms with Crippen LogP contribution in [0.4, 0.5) is 5.82 Å². The van der Waals surface area contributed by atoms with Crippen LogP contribution in [0, 0.1) is 0 Å². The van der Waals surface area contributed by atoms with Crippen molar-refractivity contribution in [1.82, 2.24) is 14.5 Å². The highest BCUT2D eigenvalue weighted by Crippen LogP contribution is 2.33. The maximum atomic E-state index is 12.1. The van der Waals surface area contributed by atoms with Crippen molar-refractivity contribution in [1.29, 1.82) is 0 Å². The molecule has 2 rings (SSSR count). The highest BCUT2D eigenvalue weighted by Gasteiger charge is 2.25. The fourth-order valence-corrected chi connectivity index (χ4v) is 2.14. The van der Waals surface area contributed by atoms with Gasteiger partial charge in [-0.05, 0) is 53.1 Å². The smallest absolute Gasteiger partial charge is 0.293 e. The zero-order valence-corrected chi connectivity index (χ0v) is 12.8. The summed E-state index contributed by atoms with van der Waals surface area (Å²) in [5.41, 5.74) is 0.0225. The lowest BCUT2D eigenvalue weighted by molar-refractivity contribution is 0.269. The van der Waals surface area contributed by atoms with Gasteiger partial charge in [0.05, 0.1) is 0 Å². The van der Waals surface area contributed by atoms with E-state index < -0.39 is 0 Å². The number of hydrogen-bond acceptors (Lipinski definition) is 4. The molecular weight excluding hydrogens is 252 g/mol. The van der Waals surface area contributed by atoms with Crippen molar-refractivity contribution >= 4 is 5.82 Å². The lowest BCUT2D eigenvalue weighted by Crippen LogP contribution is -2.28. The molecule has 1 aromatic rings. The predicted octanol–water partition coefficient (Wildman–Crippen LogP) is 2.11. The van der Waals surface area contributed by atoms with Crippen LogP contribution in [0.25, 0.3) is 0 Å². The summed E-state index contributed by atoms with van der Waals surface area (Å²) in [6, 6.07) is 0.996. The van der Waals surface area contributed by atoms with Crippen LogP contribution < -0.4 is 10.9 Å². The van der Waals surface area contributed by atoms with Crippen LogP contribution >= 0.6 is 0 Å². The summed E-state index contributed by atoms with van der Waals surface area (Å²) >= 11 is 0. The van der Waals surface area contributed by atoms with E-state index in [2.05, 4.69) is 36.1 Å². The molecule has 0 bridgehead atoms. The zero-order valence-electron chi connectivity index (χ0n) is 12.8. The Hall–Kier alpha value is -1.36. The first-order chi connectivity index (χ1) is 9.59. The summed E-state index contributed by atoms with van der Waals surface area (Å²) in [4.78, 5) is 18.6. The first-order valence-electron chi connectivity index (χ1n) is 7.61. The standard InChI is InChI=1S/C15H26N4O/c1-12(2)18(3)10-5-4-8-16-14-15(20)19(11-9-17-14)13-6-7-13/h9,11-13H,4-8,10H2,1-3H3,(H,16,17). The van der Waals surface area contributed by atoms with E-state index in [4.69, 9.17) is 0 Å². The van der Waals surface area contributed by atoms with Crippen LogP contribution in [0.15, 0.2) is 17.2 Å². The van der Waals surface area contributed by atoms with Crippen LogP contribution in [0.2, 0.25) is 0 Å². The van der Waals surface area contributed by atoms with Gasteiger partial charge in [-0.2, -0.15) is 0 Å². The average molecular weight is 278 g/mol. The third-order valence-corrected chi connectivity index (χ3v) is 3.92. The lowest BCUT2D eigenvalue weighted by atomic mass is 10.2. The van der Waals surface area contributed by atoms with Gasteiger partial charge in [0.2, 0.25) is 0 Å². The maximum Gasteiger partial charge on any atom is 0.293 e. The first-order valence-corrected chi connectivity index (χ1v) is 7.61. The van der Waals surface area contributed by atoms with Gasteiger partial charge in [-0.25, -0.2) is 4.98 Å². The van der Waals surface area contributed by atoms with E-state index in [-0.39, 0.29) is 5.56 Å². The number of hydrogen-bond donors (Lipinski definition) is 1. The number of nitrogens with one attached hydrogen (secondary N) is 1. The second-order valence-electron chi connectivity index (χ2n) is 5.93. The highest BCUT2D eigenvalue weighted by molar-refractivity contribution is 5.30. The van der Waals surface area contributed by atoms with Crippen molar-refractivity contribution < 1.29 is 0 Å². The number of anilines is 1. The predicted molar refractivity (Wildman–Crippen MR) is 82.3 cm³/mol. The second-order valence-corrected chi connectivity index (χ2v) is 5.93. The highest BCUT2D eigenvalue weighted by atomic mass is 16.1. The van der Waals surface area contributed by atoms with Crippen molar-refractivity contribution in [3.05, 3.63) is 22.7 Å². The summed E-state index contributed by atoms with van der Waals surface area (Å²) in [5, 5.41) is 3.18. The molecule has 0 amide bonds. The van der Waals surface area contributed by atoms with Gasteiger partial charge >= 0.3 is 0 Å². The molecule has 5 heteroatoms. The van der Waals surface area contributed by atoms with E-state index in [1.54, 1.807) is 12.4 Å². The Morgan fingerprint density at radius 2 is 2.20 bits per heavy atom. The summed E-state index contributed by atoms with van der Waals surface area (Å²) in [6.45, 7) is 6.30. The molecule has 112 valence electrons. The summed E-state index contributed by atoms with van der Waals surface area (Å²) in [5.74, 6) is 0.497. The topological polar surface area (TPSA) is 50.2 Å². The molecule has 0 aromatic carbocycles. The minimum absolute atomic E-state index is 0.0225. The van der Waals surface area contributed by atoms with Crippen LogP contribution in [0.3, 0.4) is 0 Å². The Morgan fingerprint density at radius 3 is 2.85 bits per heavy atom. The Bertz CT molecular complexity index is 479. The number of unbranched alkanes of at least 4 members (excludes halogenated alkanes) is 1. The molecule has 5 nitrogen and oxygen atoms in total. The van der Waals surface area contributed by atoms with E-state index >= 15 is 0 Å². The summed E-state index contributed by atoms with van der Waals surface area (Å²) in [7, 11) is 2.14. The van der Waals surface area contributed by atoms with E-state index in [0.29, 0.717) is 17.9 Å². The number of rotatable bonds is 8. The molecule has 1 aliphatic carbocycles. The molecule has 1 heterocycles. The lowest BCUT2D eigenvalue weighted by Gasteiger charge is -2.20. The third kappa shape index (κ3) is 4.07. The van der Waals surface area contributed by atoms with Crippen LogP contribution in [0.5, 0.6) is 0 Å². The van der Waals surface area contributed by atoms with Crippen LogP contribution in [-0.2, 0) is 0 Å². The molecule has 0 aliphatic heterocycles. The van der Waals surface area contributed by atoms with Crippen LogP contribution in [-0.4, -0.2) is 40.6 Å². The number of nitrogens with zero attached hydrogens (tertiary/aromatic N) is 3. The van der Waals surface area contributed by atoms with E-state index in [1.807, 2.05) is 4.57 Å². The monoisotopic (exact) mass is 278 g/mol. The largest absolute Gasteiger partial charge is 0.365 e. The Kier molecular flexibility index (Phi) is 5.17. The molecular formula is C15H26N4O. The zero-order chi connectivity index (χ0) is 14.5. The molecule has 1 aliphatic rings. The number of aromatic nitrogens is 2. The molecule has 0 unspecified atom stereocenters. The summed E-state index contributed by atoms with van der Waals surface area (Å²) in [6.07, 6.45) is 7.93. The maximum absolute atomic E-state index is 12.1. The van der Waals surface area contributed by atoms with Crippen molar-refractivity contribution in [2.75, 3.05) is 25.5 Å². The average Bonchev–Trinajstić information content (AvgIpc) is 3.24. The van der Waals surface area contributed by atoms with Gasteiger partial charge in [0, 0.05) is 31.0 Å². The minimum atomic E-state index is 0.0225. The SMILES string of the molecule is CC(C)N(C)CCCCNc1nccn(C2CC2)c1=O. The third-order valence-electron chi connectivity index (χ3n) is 3.92. The van der Waals surface area contributed by atoms with Crippen LogP contribution in [0.1, 0.15) is 45.6 Å². The van der Waals surface area contributed by atoms with E-state index in [9.17, 15) is 4.79 Å². The Balaban J connectivity index is 1.74. The molecule has 0 spiro atoms. The molecule has 0 radical (unpaired) electrons. The molecule has 20 heavy (non-hydrogen) atoms. The molecule has 0 saturated heterocycles. The summed E-state index contributed by atoms with van der Waals surface area (Å²) < 4.78 is 1.81. The van der Waals surface area contributed by atoms with Gasteiger partial charge in [0.1, 0.15) is 0 Å². The normalized spacial score (nSPS) is 15.1. The van der Waals surface area contributed by atoms with Crippen molar-refractivity contribution in [2.45, 2.75) is 51.6 Å². The minimum Gasteiger partial charge on any atom is -0.365 e. The fourth-order valence-electron chi connectivity index (χ4n) is 2.14. The molecule has 1 saturated carbocycles. The molecule has 0 atom stereocenters. The van der Waals surface area contributed by atoms with E-state index in [1.165, 1.54) is 0 Å². The van der Waals surface area contributed by atoms with Gasteiger partial charge in [0.15, 0.2) is 5.82 Å². The van der Waals surface area contributed by atoms with Gasteiger partial charge < -0.3 is 14.8 Å². The molecule has 1 aromatic heterocycles. The van der Waals surface area contributed by atoms with Crippen molar-refractivity contribution in [2.24, 2.45) is 0 Å². The molecule has 1 fully saturated rings. The molecule has 1 N–H and O–H groups in total. The first kappa shape index (κ1) is 15.0. The van der Waals surface area contributed by atoms with Gasteiger partial charge in [-0.15, -0.1) is 0 Å². The van der Waals surface area contributed by atoms with Crippen molar-refractivity contribution in [3.63, 3.8) is 0 Å². The van der Waals surface area contributed by atoms with Gasteiger partial charge in [-0.3, -0.25) is 4.79 Å². The second kappa shape index (κ2) is 6.88.